The van der Waals surface area contributed by atoms with Crippen molar-refractivity contribution in [3.63, 3.8) is 0 Å². The third kappa shape index (κ3) is 5.87. The third-order valence-corrected chi connectivity index (χ3v) is 6.64. The van der Waals surface area contributed by atoms with Gasteiger partial charge in [-0.3, -0.25) is 14.6 Å². The molecule has 0 spiro atoms. The van der Waals surface area contributed by atoms with Gasteiger partial charge in [-0.25, -0.2) is 13.8 Å². The van der Waals surface area contributed by atoms with Crippen molar-refractivity contribution in [1.29, 1.82) is 0 Å². The van der Waals surface area contributed by atoms with E-state index in [0.717, 1.165) is 36.1 Å². The third-order valence-electron chi connectivity index (χ3n) is 5.62. The fourth-order valence-corrected chi connectivity index (χ4v) is 4.71. The van der Waals surface area contributed by atoms with Gasteiger partial charge in [0.15, 0.2) is 10.9 Å². The average molecular weight is 496 g/mol. The molecular formula is C24H28ClF2N3O2S. The minimum absolute atomic E-state index is 0. The topological polar surface area (TPSA) is 45.7 Å². The molecule has 0 aliphatic carbocycles. The van der Waals surface area contributed by atoms with Gasteiger partial charge in [0, 0.05) is 37.8 Å². The molecule has 2 aromatic carbocycles. The smallest absolute Gasteiger partial charge is 0.260 e. The zero-order valence-electron chi connectivity index (χ0n) is 18.9. The number of fused-ring (bicyclic) bond motifs is 1. The number of morpholine rings is 1. The Kier molecular flexibility index (Phi) is 8.05. The lowest BCUT2D eigenvalue weighted by Gasteiger charge is -2.29. The van der Waals surface area contributed by atoms with Crippen LogP contribution in [0.1, 0.15) is 36.7 Å². The number of halogens is 3. The highest BCUT2D eigenvalue weighted by atomic mass is 35.5. The van der Waals surface area contributed by atoms with Crippen LogP contribution < -0.4 is 4.90 Å². The van der Waals surface area contributed by atoms with Gasteiger partial charge in [0.2, 0.25) is 0 Å². The number of nitrogens with zero attached hydrogens (tertiary/aromatic N) is 3. The largest absolute Gasteiger partial charge is 0.379 e. The maximum Gasteiger partial charge on any atom is 0.260 e. The zero-order valence-corrected chi connectivity index (χ0v) is 20.6. The van der Waals surface area contributed by atoms with Gasteiger partial charge in [0.05, 0.1) is 17.9 Å². The van der Waals surface area contributed by atoms with Gasteiger partial charge in [0.25, 0.3) is 5.91 Å². The summed E-state index contributed by atoms with van der Waals surface area (Å²) < 4.78 is 33.7. The molecule has 1 aliphatic heterocycles. The van der Waals surface area contributed by atoms with Crippen LogP contribution in [-0.4, -0.2) is 55.2 Å². The molecule has 1 aliphatic rings. The Morgan fingerprint density at radius 3 is 2.45 bits per heavy atom. The van der Waals surface area contributed by atoms with Crippen LogP contribution in [0.5, 0.6) is 0 Å². The summed E-state index contributed by atoms with van der Waals surface area (Å²) in [7, 11) is 0. The van der Waals surface area contributed by atoms with Crippen molar-refractivity contribution in [2.45, 2.75) is 26.2 Å². The average Bonchev–Trinajstić information content (AvgIpc) is 3.18. The Morgan fingerprint density at radius 2 is 1.82 bits per heavy atom. The molecule has 178 valence electrons. The van der Waals surface area contributed by atoms with Gasteiger partial charge < -0.3 is 4.74 Å². The lowest BCUT2D eigenvalue weighted by molar-refractivity contribution is 0.0391. The van der Waals surface area contributed by atoms with Crippen molar-refractivity contribution in [3.05, 3.63) is 59.2 Å². The summed E-state index contributed by atoms with van der Waals surface area (Å²) in [6, 6.07) is 9.62. The first-order valence-electron chi connectivity index (χ1n) is 10.7. The van der Waals surface area contributed by atoms with Gasteiger partial charge >= 0.3 is 0 Å². The summed E-state index contributed by atoms with van der Waals surface area (Å²) in [6.07, 6.45) is 0. The molecule has 0 atom stereocenters. The molecule has 1 fully saturated rings. The Morgan fingerprint density at radius 1 is 1.15 bits per heavy atom. The number of aromatic nitrogens is 1. The summed E-state index contributed by atoms with van der Waals surface area (Å²) in [5, 5.41) is 0.364. The molecule has 4 rings (SSSR count). The maximum atomic E-state index is 14.3. The number of benzene rings is 2. The van der Waals surface area contributed by atoms with E-state index in [4.69, 9.17) is 4.74 Å². The fraction of sp³-hybridized carbons (Fsp3) is 0.417. The summed E-state index contributed by atoms with van der Waals surface area (Å²) in [6.45, 7) is 10.3. The first-order valence-corrected chi connectivity index (χ1v) is 11.5. The second kappa shape index (κ2) is 10.4. The number of anilines is 1. The second-order valence-corrected chi connectivity index (χ2v) is 9.98. The molecule has 0 saturated carbocycles. The van der Waals surface area contributed by atoms with Gasteiger partial charge in [0.1, 0.15) is 11.3 Å². The molecule has 0 unspecified atom stereocenters. The Labute approximate surface area is 202 Å². The minimum Gasteiger partial charge on any atom is -0.379 e. The van der Waals surface area contributed by atoms with E-state index in [1.807, 2.05) is 24.3 Å². The van der Waals surface area contributed by atoms with Crippen LogP contribution in [0.4, 0.5) is 13.9 Å². The highest BCUT2D eigenvalue weighted by Crippen LogP contribution is 2.32. The summed E-state index contributed by atoms with van der Waals surface area (Å²) in [4.78, 5) is 21.6. The van der Waals surface area contributed by atoms with Gasteiger partial charge in [-0.05, 0) is 29.2 Å². The number of amides is 1. The van der Waals surface area contributed by atoms with Crippen molar-refractivity contribution in [1.82, 2.24) is 9.88 Å². The molecular weight excluding hydrogens is 468 g/mol. The molecule has 33 heavy (non-hydrogen) atoms. The number of ether oxygens (including phenoxy) is 1. The lowest BCUT2D eigenvalue weighted by Crippen LogP contribution is -2.43. The highest BCUT2D eigenvalue weighted by Gasteiger charge is 2.24. The van der Waals surface area contributed by atoms with Gasteiger partial charge in [-0.15, -0.1) is 12.4 Å². The van der Waals surface area contributed by atoms with Crippen molar-refractivity contribution in [2.75, 3.05) is 44.3 Å². The van der Waals surface area contributed by atoms with E-state index in [1.165, 1.54) is 6.07 Å². The van der Waals surface area contributed by atoms with Crippen molar-refractivity contribution in [2.24, 2.45) is 0 Å². The van der Waals surface area contributed by atoms with Crippen LogP contribution in [0.2, 0.25) is 0 Å². The minimum atomic E-state index is -0.724. The standard InChI is InChI=1S/C24H27F2N3O2S.ClH/c1-24(2,3)17-6-4-16(5-7-17)22(30)29(9-8-28-10-12-31-13-11-28)23-27-21-19(26)14-18(25)15-20(21)32-23;/h4-7,14-15H,8-13H2,1-3H3;1H. The maximum absolute atomic E-state index is 14.3. The Hall–Kier alpha value is -2.13. The number of carbonyl (C=O) groups is 1. The highest BCUT2D eigenvalue weighted by molar-refractivity contribution is 7.22. The van der Waals surface area contributed by atoms with Crippen LogP contribution in [-0.2, 0) is 10.2 Å². The predicted octanol–water partition coefficient (Wildman–Crippen LogP) is 5.27. The fourth-order valence-electron chi connectivity index (χ4n) is 3.68. The van der Waals surface area contributed by atoms with E-state index in [9.17, 15) is 13.6 Å². The predicted molar refractivity (Wildman–Crippen MR) is 131 cm³/mol. The van der Waals surface area contributed by atoms with E-state index >= 15 is 0 Å². The molecule has 0 radical (unpaired) electrons. The van der Waals surface area contributed by atoms with E-state index in [0.29, 0.717) is 41.7 Å². The molecule has 1 amide bonds. The van der Waals surface area contributed by atoms with Gasteiger partial charge in [-0.1, -0.05) is 44.2 Å². The molecule has 0 bridgehead atoms. The lowest BCUT2D eigenvalue weighted by atomic mass is 9.86. The van der Waals surface area contributed by atoms with Crippen LogP contribution >= 0.6 is 23.7 Å². The second-order valence-electron chi connectivity index (χ2n) is 8.97. The molecule has 1 saturated heterocycles. The van der Waals surface area contributed by atoms with E-state index in [2.05, 4.69) is 30.7 Å². The van der Waals surface area contributed by atoms with Crippen LogP contribution in [0, 0.1) is 11.6 Å². The van der Waals surface area contributed by atoms with Crippen LogP contribution in [0.15, 0.2) is 36.4 Å². The molecule has 3 aromatic rings. The number of carbonyl (C=O) groups excluding carboxylic acids is 1. The van der Waals surface area contributed by atoms with Crippen LogP contribution in [0.25, 0.3) is 10.2 Å². The SMILES string of the molecule is CC(C)(C)c1ccc(C(=O)N(CCN2CCOCC2)c2nc3c(F)cc(F)cc3s2)cc1.Cl. The quantitative estimate of drug-likeness (QED) is 0.483. The van der Waals surface area contributed by atoms with E-state index in [-0.39, 0.29) is 29.2 Å². The molecule has 5 nitrogen and oxygen atoms in total. The van der Waals surface area contributed by atoms with Crippen molar-refractivity contribution < 1.29 is 18.3 Å². The summed E-state index contributed by atoms with van der Waals surface area (Å²) >= 11 is 1.12. The molecule has 2 heterocycles. The number of thiazole rings is 1. The first-order chi connectivity index (χ1) is 15.2. The van der Waals surface area contributed by atoms with Crippen LogP contribution in [0.3, 0.4) is 0 Å². The monoisotopic (exact) mass is 495 g/mol. The first kappa shape index (κ1) is 25.5. The molecule has 0 N–H and O–H groups in total. The Bertz CT molecular complexity index is 1110. The number of rotatable bonds is 5. The number of hydrogen-bond donors (Lipinski definition) is 0. The summed E-state index contributed by atoms with van der Waals surface area (Å²) in [5.74, 6) is -1.59. The summed E-state index contributed by atoms with van der Waals surface area (Å²) in [5.41, 5.74) is 1.72. The van der Waals surface area contributed by atoms with E-state index < -0.39 is 11.6 Å². The van der Waals surface area contributed by atoms with E-state index in [1.54, 1.807) is 4.90 Å². The normalized spacial score (nSPS) is 14.8. The van der Waals surface area contributed by atoms with Crippen molar-refractivity contribution in [3.8, 4) is 0 Å². The van der Waals surface area contributed by atoms with Gasteiger partial charge in [-0.2, -0.15) is 0 Å². The molecule has 1 aromatic heterocycles. The number of hydrogen-bond acceptors (Lipinski definition) is 5. The van der Waals surface area contributed by atoms with Crippen molar-refractivity contribution >= 4 is 45.0 Å². The molecule has 9 heteroatoms. The zero-order chi connectivity index (χ0) is 22.9. The Balaban J connectivity index is 0.00000306.